The summed E-state index contributed by atoms with van der Waals surface area (Å²) in [6.45, 7) is 4.32. The summed E-state index contributed by atoms with van der Waals surface area (Å²) < 4.78 is 18.5. The van der Waals surface area contributed by atoms with Crippen molar-refractivity contribution in [3.05, 3.63) is 34.6 Å². The van der Waals surface area contributed by atoms with Crippen molar-refractivity contribution in [2.45, 2.75) is 26.3 Å². The van der Waals surface area contributed by atoms with Crippen LogP contribution in [0.5, 0.6) is 0 Å². The Morgan fingerprint density at radius 2 is 2.35 bits per heavy atom. The number of piperidine rings is 1. The molecule has 0 unspecified atom stereocenters. The Labute approximate surface area is 123 Å². The molecule has 110 valence electrons. The van der Waals surface area contributed by atoms with Crippen LogP contribution in [-0.4, -0.2) is 30.6 Å². The van der Waals surface area contributed by atoms with E-state index in [9.17, 15) is 9.18 Å². The lowest BCUT2D eigenvalue weighted by molar-refractivity contribution is -0.150. The van der Waals surface area contributed by atoms with Gasteiger partial charge in [0, 0.05) is 13.1 Å². The van der Waals surface area contributed by atoms with E-state index in [0.29, 0.717) is 19.7 Å². The number of likely N-dealkylation sites (tertiary alicyclic amines) is 1. The van der Waals surface area contributed by atoms with Gasteiger partial charge in [0.05, 0.1) is 17.5 Å². The Balaban J connectivity index is 1.99. The van der Waals surface area contributed by atoms with Crippen molar-refractivity contribution >= 4 is 17.6 Å². The molecule has 0 saturated carbocycles. The fourth-order valence-corrected chi connectivity index (χ4v) is 2.75. The zero-order valence-corrected chi connectivity index (χ0v) is 12.3. The van der Waals surface area contributed by atoms with Gasteiger partial charge in [-0.15, -0.1) is 0 Å². The smallest absolute Gasteiger partial charge is 0.310 e. The van der Waals surface area contributed by atoms with Crippen LogP contribution in [-0.2, 0) is 16.1 Å². The van der Waals surface area contributed by atoms with Crippen molar-refractivity contribution < 1.29 is 13.9 Å². The monoisotopic (exact) mass is 299 g/mol. The maximum Gasteiger partial charge on any atom is 0.310 e. The minimum atomic E-state index is -0.400. The summed E-state index contributed by atoms with van der Waals surface area (Å²) in [6.07, 6.45) is 1.79. The number of halogens is 2. The van der Waals surface area contributed by atoms with Gasteiger partial charge >= 0.3 is 5.97 Å². The highest BCUT2D eigenvalue weighted by atomic mass is 35.5. The second-order valence-electron chi connectivity index (χ2n) is 5.04. The number of hydrogen-bond acceptors (Lipinski definition) is 3. The molecule has 0 aromatic heterocycles. The molecule has 1 aliphatic rings. The molecule has 1 atom stereocenters. The van der Waals surface area contributed by atoms with E-state index in [1.165, 1.54) is 6.07 Å². The van der Waals surface area contributed by atoms with Gasteiger partial charge in [0.2, 0.25) is 0 Å². The van der Waals surface area contributed by atoms with Gasteiger partial charge in [-0.3, -0.25) is 9.69 Å². The first-order chi connectivity index (χ1) is 9.61. The van der Waals surface area contributed by atoms with E-state index in [4.69, 9.17) is 16.3 Å². The second kappa shape index (κ2) is 7.04. The highest BCUT2D eigenvalue weighted by Gasteiger charge is 2.27. The molecule has 2 rings (SSSR count). The van der Waals surface area contributed by atoms with Crippen LogP contribution in [0.15, 0.2) is 18.2 Å². The Morgan fingerprint density at radius 3 is 3.10 bits per heavy atom. The molecule has 0 amide bonds. The Bertz CT molecular complexity index is 481. The van der Waals surface area contributed by atoms with Crippen molar-refractivity contribution in [2.24, 2.45) is 5.92 Å². The lowest BCUT2D eigenvalue weighted by Crippen LogP contribution is -2.39. The predicted molar refractivity (Wildman–Crippen MR) is 76.0 cm³/mol. The summed E-state index contributed by atoms with van der Waals surface area (Å²) in [5.74, 6) is -0.623. The van der Waals surface area contributed by atoms with Gasteiger partial charge in [0.15, 0.2) is 0 Å². The second-order valence-corrected chi connectivity index (χ2v) is 5.42. The quantitative estimate of drug-likeness (QED) is 0.799. The zero-order chi connectivity index (χ0) is 14.5. The summed E-state index contributed by atoms with van der Waals surface area (Å²) in [5, 5.41) is 0.172. The number of benzene rings is 1. The lowest BCUT2D eigenvalue weighted by Gasteiger charge is -2.31. The van der Waals surface area contributed by atoms with Crippen LogP contribution >= 0.6 is 11.6 Å². The third-order valence-corrected chi connectivity index (χ3v) is 3.97. The number of esters is 1. The molecule has 1 aliphatic heterocycles. The summed E-state index contributed by atoms with van der Waals surface area (Å²) in [4.78, 5) is 13.9. The molecule has 3 nitrogen and oxygen atoms in total. The van der Waals surface area contributed by atoms with Gasteiger partial charge in [-0.2, -0.15) is 0 Å². The molecular formula is C15H19ClFNO2. The van der Waals surface area contributed by atoms with Crippen molar-refractivity contribution in [1.29, 1.82) is 0 Å². The van der Waals surface area contributed by atoms with Crippen molar-refractivity contribution in [3.8, 4) is 0 Å². The van der Waals surface area contributed by atoms with Crippen molar-refractivity contribution in [3.63, 3.8) is 0 Å². The first kappa shape index (κ1) is 15.3. The summed E-state index contributed by atoms with van der Waals surface area (Å²) in [7, 11) is 0. The summed E-state index contributed by atoms with van der Waals surface area (Å²) in [5.41, 5.74) is 0.760. The van der Waals surface area contributed by atoms with E-state index in [0.717, 1.165) is 24.9 Å². The number of nitrogens with zero attached hydrogens (tertiary/aromatic N) is 1. The van der Waals surface area contributed by atoms with Crippen LogP contribution in [0, 0.1) is 11.7 Å². The minimum absolute atomic E-state index is 0.0870. The fourth-order valence-electron chi connectivity index (χ4n) is 2.56. The van der Waals surface area contributed by atoms with E-state index in [1.807, 2.05) is 13.0 Å². The van der Waals surface area contributed by atoms with Crippen LogP contribution in [0.25, 0.3) is 0 Å². The average molecular weight is 300 g/mol. The van der Waals surface area contributed by atoms with Crippen LogP contribution in [0.4, 0.5) is 4.39 Å². The third kappa shape index (κ3) is 3.70. The SMILES string of the molecule is CCOC(=O)[C@H]1CCCN(Cc2cccc(F)c2Cl)C1. The molecule has 0 N–H and O–H groups in total. The molecule has 5 heteroatoms. The molecule has 1 saturated heterocycles. The highest BCUT2D eigenvalue weighted by Crippen LogP contribution is 2.24. The Morgan fingerprint density at radius 1 is 1.55 bits per heavy atom. The minimum Gasteiger partial charge on any atom is -0.466 e. The van der Waals surface area contributed by atoms with Crippen LogP contribution in [0.1, 0.15) is 25.3 Å². The van der Waals surface area contributed by atoms with Gasteiger partial charge < -0.3 is 4.74 Å². The van der Waals surface area contributed by atoms with Gasteiger partial charge in [-0.05, 0) is 37.9 Å². The maximum atomic E-state index is 13.4. The molecular weight excluding hydrogens is 281 g/mol. The Kier molecular flexibility index (Phi) is 5.38. The maximum absolute atomic E-state index is 13.4. The average Bonchev–Trinajstić information content (AvgIpc) is 2.44. The molecule has 1 fully saturated rings. The van der Waals surface area contributed by atoms with Gasteiger partial charge in [-0.25, -0.2) is 4.39 Å². The molecule has 1 aromatic carbocycles. The lowest BCUT2D eigenvalue weighted by atomic mass is 9.97. The molecule has 20 heavy (non-hydrogen) atoms. The van der Waals surface area contributed by atoms with Crippen molar-refractivity contribution in [1.82, 2.24) is 4.90 Å². The molecule has 0 radical (unpaired) electrons. The predicted octanol–water partition coefficient (Wildman–Crippen LogP) is 3.25. The number of carbonyl (C=O) groups is 1. The van der Waals surface area contributed by atoms with E-state index in [1.54, 1.807) is 6.07 Å². The standard InChI is InChI=1S/C15H19ClFNO2/c1-2-20-15(19)12-6-4-8-18(10-12)9-11-5-3-7-13(17)14(11)16/h3,5,7,12H,2,4,6,8-10H2,1H3/t12-/m0/s1. The first-order valence-electron chi connectivity index (χ1n) is 6.93. The molecule has 0 aliphatic carbocycles. The third-order valence-electron chi connectivity index (χ3n) is 3.55. The van der Waals surface area contributed by atoms with E-state index >= 15 is 0 Å². The molecule has 0 bridgehead atoms. The fraction of sp³-hybridized carbons (Fsp3) is 0.533. The van der Waals surface area contributed by atoms with E-state index in [2.05, 4.69) is 4.90 Å². The van der Waals surface area contributed by atoms with E-state index < -0.39 is 5.82 Å². The van der Waals surface area contributed by atoms with E-state index in [-0.39, 0.29) is 16.9 Å². The Hall–Kier alpha value is -1.13. The summed E-state index contributed by atoms with van der Waals surface area (Å²) in [6, 6.07) is 4.83. The number of carbonyl (C=O) groups excluding carboxylic acids is 1. The zero-order valence-electron chi connectivity index (χ0n) is 11.6. The topological polar surface area (TPSA) is 29.5 Å². The number of ether oxygens (including phenoxy) is 1. The normalized spacial score (nSPS) is 19.9. The van der Waals surface area contributed by atoms with Crippen molar-refractivity contribution in [2.75, 3.05) is 19.7 Å². The van der Waals surface area contributed by atoms with Crippen LogP contribution < -0.4 is 0 Å². The van der Waals surface area contributed by atoms with Gasteiger partial charge in [0.25, 0.3) is 0 Å². The largest absolute Gasteiger partial charge is 0.466 e. The highest BCUT2D eigenvalue weighted by molar-refractivity contribution is 6.31. The first-order valence-corrected chi connectivity index (χ1v) is 7.31. The molecule has 1 heterocycles. The molecule has 0 spiro atoms. The van der Waals surface area contributed by atoms with Crippen LogP contribution in [0.2, 0.25) is 5.02 Å². The summed E-state index contributed by atoms with van der Waals surface area (Å²) >= 11 is 5.97. The van der Waals surface area contributed by atoms with Crippen LogP contribution in [0.3, 0.4) is 0 Å². The number of hydrogen-bond donors (Lipinski definition) is 0. The van der Waals surface area contributed by atoms with Gasteiger partial charge in [-0.1, -0.05) is 23.7 Å². The molecule has 1 aromatic rings. The number of rotatable bonds is 4. The van der Waals surface area contributed by atoms with Gasteiger partial charge in [0.1, 0.15) is 5.82 Å².